The highest BCUT2D eigenvalue weighted by Gasteiger charge is 2.49. The molecule has 0 aliphatic carbocycles. The van der Waals surface area contributed by atoms with Crippen LogP contribution in [-0.2, 0) is 4.79 Å². The Morgan fingerprint density at radius 3 is 2.73 bits per heavy atom. The standard InChI is InChI=1S/C23H22FN5O/c1-14-5-6-16(10-18(14)22-26-12-15(24)13-27-22)28-23(30)19-11-17-7-8-20(19)29(17)21-4-2-3-9-25-21/h2-6,9-10,12-13,17,19-20H,7-8,11H2,1H3,(H,28,30)/t17-,19-,20+/m1/s1. The van der Waals surface area contributed by atoms with Gasteiger partial charge in [-0.05, 0) is 56.0 Å². The second-order valence-corrected chi connectivity index (χ2v) is 7.98. The van der Waals surface area contributed by atoms with Gasteiger partial charge in [0, 0.05) is 29.5 Å². The van der Waals surface area contributed by atoms with Gasteiger partial charge in [0.25, 0.3) is 0 Å². The molecule has 0 saturated carbocycles. The lowest BCUT2D eigenvalue weighted by Crippen LogP contribution is -2.35. The van der Waals surface area contributed by atoms with Crippen molar-refractivity contribution in [1.29, 1.82) is 0 Å². The fourth-order valence-corrected chi connectivity index (χ4v) is 4.76. The number of anilines is 2. The van der Waals surface area contributed by atoms with Crippen LogP contribution in [0.2, 0.25) is 0 Å². The van der Waals surface area contributed by atoms with Crippen molar-refractivity contribution in [2.75, 3.05) is 10.2 Å². The molecule has 2 saturated heterocycles. The summed E-state index contributed by atoms with van der Waals surface area (Å²) in [5.41, 5.74) is 2.43. The molecule has 5 rings (SSSR count). The lowest BCUT2D eigenvalue weighted by molar-refractivity contribution is -0.120. The van der Waals surface area contributed by atoms with E-state index in [2.05, 4.69) is 25.2 Å². The Hall–Kier alpha value is -3.35. The number of aromatic nitrogens is 3. The molecule has 2 aromatic heterocycles. The highest BCUT2D eigenvalue weighted by molar-refractivity contribution is 5.94. The Kier molecular flexibility index (Phi) is 4.65. The Morgan fingerprint density at radius 2 is 1.97 bits per heavy atom. The van der Waals surface area contributed by atoms with Crippen LogP contribution in [0.5, 0.6) is 0 Å². The molecule has 30 heavy (non-hydrogen) atoms. The topological polar surface area (TPSA) is 71.0 Å². The van der Waals surface area contributed by atoms with Crippen LogP contribution >= 0.6 is 0 Å². The van der Waals surface area contributed by atoms with E-state index in [4.69, 9.17) is 0 Å². The number of benzene rings is 1. The van der Waals surface area contributed by atoms with E-state index in [0.29, 0.717) is 17.6 Å². The number of hydrogen-bond donors (Lipinski definition) is 1. The minimum Gasteiger partial charge on any atom is -0.350 e. The smallest absolute Gasteiger partial charge is 0.229 e. The highest BCUT2D eigenvalue weighted by Crippen LogP contribution is 2.44. The number of amides is 1. The fraction of sp³-hybridized carbons (Fsp3) is 0.304. The lowest BCUT2D eigenvalue weighted by Gasteiger charge is -2.25. The van der Waals surface area contributed by atoms with Crippen LogP contribution in [0.4, 0.5) is 15.9 Å². The molecule has 152 valence electrons. The summed E-state index contributed by atoms with van der Waals surface area (Å²) < 4.78 is 13.2. The van der Waals surface area contributed by atoms with Gasteiger partial charge in [-0.15, -0.1) is 0 Å². The molecular formula is C23H22FN5O. The third-order valence-electron chi connectivity index (χ3n) is 6.15. The monoisotopic (exact) mass is 403 g/mol. The Bertz CT molecular complexity index is 1070. The van der Waals surface area contributed by atoms with Crippen LogP contribution in [0.25, 0.3) is 11.4 Å². The number of hydrogen-bond acceptors (Lipinski definition) is 5. The molecule has 0 unspecified atom stereocenters. The molecule has 7 heteroatoms. The molecule has 0 radical (unpaired) electrons. The third-order valence-corrected chi connectivity index (χ3v) is 6.15. The zero-order chi connectivity index (χ0) is 20.7. The predicted molar refractivity (Wildman–Crippen MR) is 112 cm³/mol. The van der Waals surface area contributed by atoms with Crippen molar-refractivity contribution in [2.45, 2.75) is 38.3 Å². The summed E-state index contributed by atoms with van der Waals surface area (Å²) in [6, 6.07) is 12.1. The molecule has 3 aromatic rings. The SMILES string of the molecule is Cc1ccc(NC(=O)[C@@H]2C[C@H]3CC[C@@H]2N3c2ccccn2)cc1-c1ncc(F)cn1. The van der Waals surface area contributed by atoms with Crippen LogP contribution in [0.1, 0.15) is 24.8 Å². The second-order valence-electron chi connectivity index (χ2n) is 7.98. The number of pyridine rings is 1. The first kappa shape index (κ1) is 18.7. The van der Waals surface area contributed by atoms with E-state index >= 15 is 0 Å². The van der Waals surface area contributed by atoms with E-state index < -0.39 is 5.82 Å². The van der Waals surface area contributed by atoms with E-state index in [1.807, 2.05) is 43.3 Å². The van der Waals surface area contributed by atoms with Crippen molar-refractivity contribution in [3.63, 3.8) is 0 Å². The van der Waals surface area contributed by atoms with Gasteiger partial charge in [-0.25, -0.2) is 19.3 Å². The molecule has 1 aromatic carbocycles. The van der Waals surface area contributed by atoms with Gasteiger partial charge < -0.3 is 10.2 Å². The summed E-state index contributed by atoms with van der Waals surface area (Å²) in [5, 5.41) is 3.07. The first-order valence-corrected chi connectivity index (χ1v) is 10.2. The van der Waals surface area contributed by atoms with Gasteiger partial charge in [-0.2, -0.15) is 0 Å². The molecule has 1 amide bonds. The number of nitrogens with zero attached hydrogens (tertiary/aromatic N) is 4. The van der Waals surface area contributed by atoms with E-state index in [-0.39, 0.29) is 17.9 Å². The maximum Gasteiger partial charge on any atom is 0.229 e. The molecule has 4 heterocycles. The largest absolute Gasteiger partial charge is 0.350 e. The number of carbonyl (C=O) groups excluding carboxylic acids is 1. The van der Waals surface area contributed by atoms with E-state index in [1.165, 1.54) is 0 Å². The third kappa shape index (κ3) is 3.30. The minimum absolute atomic E-state index is 0.0259. The zero-order valence-electron chi connectivity index (χ0n) is 16.6. The zero-order valence-corrected chi connectivity index (χ0v) is 16.6. The fourth-order valence-electron chi connectivity index (χ4n) is 4.76. The molecule has 0 spiro atoms. The average molecular weight is 403 g/mol. The Labute approximate surface area is 174 Å². The normalized spacial score (nSPS) is 22.3. The van der Waals surface area contributed by atoms with Crippen LogP contribution < -0.4 is 10.2 Å². The number of carbonyl (C=O) groups is 1. The summed E-state index contributed by atoms with van der Waals surface area (Å²) in [5.74, 6) is 0.864. The maximum absolute atomic E-state index is 13.2. The summed E-state index contributed by atoms with van der Waals surface area (Å²) in [7, 11) is 0. The first-order chi connectivity index (χ1) is 14.6. The van der Waals surface area contributed by atoms with Crippen LogP contribution in [0.3, 0.4) is 0 Å². The van der Waals surface area contributed by atoms with Crippen molar-refractivity contribution in [3.8, 4) is 11.4 Å². The number of nitrogens with one attached hydrogen (secondary N) is 1. The quantitative estimate of drug-likeness (QED) is 0.713. The van der Waals surface area contributed by atoms with E-state index in [9.17, 15) is 9.18 Å². The number of rotatable bonds is 4. The van der Waals surface area contributed by atoms with Crippen molar-refractivity contribution < 1.29 is 9.18 Å². The van der Waals surface area contributed by atoms with Crippen LogP contribution in [-0.4, -0.2) is 32.9 Å². The van der Waals surface area contributed by atoms with Crippen LogP contribution in [0.15, 0.2) is 55.0 Å². The summed E-state index contributed by atoms with van der Waals surface area (Å²) in [6.45, 7) is 1.94. The molecule has 2 fully saturated rings. The Balaban J connectivity index is 1.35. The molecule has 2 bridgehead atoms. The van der Waals surface area contributed by atoms with Gasteiger partial charge in [0.15, 0.2) is 11.6 Å². The molecular weight excluding hydrogens is 381 g/mol. The van der Waals surface area contributed by atoms with E-state index in [0.717, 1.165) is 48.6 Å². The maximum atomic E-state index is 13.2. The van der Waals surface area contributed by atoms with Gasteiger partial charge in [-0.1, -0.05) is 12.1 Å². The molecule has 1 N–H and O–H groups in total. The average Bonchev–Trinajstić information content (AvgIpc) is 3.35. The van der Waals surface area contributed by atoms with Gasteiger partial charge in [0.1, 0.15) is 5.82 Å². The molecule has 6 nitrogen and oxygen atoms in total. The van der Waals surface area contributed by atoms with Gasteiger partial charge in [0.2, 0.25) is 5.91 Å². The van der Waals surface area contributed by atoms with Gasteiger partial charge in [-0.3, -0.25) is 4.79 Å². The van der Waals surface area contributed by atoms with Crippen molar-refractivity contribution >= 4 is 17.4 Å². The highest BCUT2D eigenvalue weighted by atomic mass is 19.1. The molecule has 3 atom stereocenters. The van der Waals surface area contributed by atoms with Gasteiger partial charge in [0.05, 0.1) is 18.3 Å². The van der Waals surface area contributed by atoms with Crippen molar-refractivity contribution in [1.82, 2.24) is 15.0 Å². The summed E-state index contributed by atoms with van der Waals surface area (Å²) in [6.07, 6.45) is 7.03. The first-order valence-electron chi connectivity index (χ1n) is 10.2. The van der Waals surface area contributed by atoms with Crippen molar-refractivity contribution in [3.05, 3.63) is 66.4 Å². The molecule has 2 aliphatic rings. The van der Waals surface area contributed by atoms with Crippen LogP contribution in [0, 0.1) is 18.7 Å². The summed E-state index contributed by atoms with van der Waals surface area (Å²) >= 11 is 0. The molecule has 2 aliphatic heterocycles. The number of halogens is 1. The minimum atomic E-state index is -0.477. The predicted octanol–water partition coefficient (Wildman–Crippen LogP) is 3.98. The Morgan fingerprint density at radius 1 is 1.13 bits per heavy atom. The lowest BCUT2D eigenvalue weighted by atomic mass is 9.88. The van der Waals surface area contributed by atoms with Crippen molar-refractivity contribution in [2.24, 2.45) is 5.92 Å². The number of fused-ring (bicyclic) bond motifs is 2. The van der Waals surface area contributed by atoms with Gasteiger partial charge >= 0.3 is 0 Å². The number of aryl methyl sites for hydroxylation is 1. The summed E-state index contributed by atoms with van der Waals surface area (Å²) in [4.78, 5) is 28.1. The second kappa shape index (κ2) is 7.48. The van der Waals surface area contributed by atoms with E-state index in [1.54, 1.807) is 6.20 Å².